The van der Waals surface area contributed by atoms with Gasteiger partial charge >= 0.3 is 0 Å². The highest BCUT2D eigenvalue weighted by molar-refractivity contribution is 9.10. The molecule has 4 aromatic rings. The predicted octanol–water partition coefficient (Wildman–Crippen LogP) is 3.95. The lowest BCUT2D eigenvalue weighted by Crippen LogP contribution is -2.10. The van der Waals surface area contributed by atoms with Crippen molar-refractivity contribution in [3.63, 3.8) is 0 Å². The Balaban J connectivity index is 1.51. The van der Waals surface area contributed by atoms with Gasteiger partial charge in [0.25, 0.3) is 5.91 Å². The van der Waals surface area contributed by atoms with Gasteiger partial charge in [0.1, 0.15) is 17.5 Å². The van der Waals surface area contributed by atoms with Crippen LogP contribution in [0.3, 0.4) is 0 Å². The smallest absolute Gasteiger partial charge is 0.268 e. The highest BCUT2D eigenvalue weighted by Gasteiger charge is 2.14. The van der Waals surface area contributed by atoms with Crippen LogP contribution in [0.1, 0.15) is 15.2 Å². The Labute approximate surface area is 155 Å². The van der Waals surface area contributed by atoms with Crippen molar-refractivity contribution in [2.24, 2.45) is 0 Å². The van der Waals surface area contributed by atoms with Crippen LogP contribution in [0.25, 0.3) is 10.9 Å². The van der Waals surface area contributed by atoms with Gasteiger partial charge in [0.15, 0.2) is 0 Å². The zero-order valence-electron chi connectivity index (χ0n) is 12.9. The third-order valence-corrected chi connectivity index (χ3v) is 5.04. The third-order valence-electron chi connectivity index (χ3n) is 3.67. The van der Waals surface area contributed by atoms with Crippen molar-refractivity contribution < 1.29 is 4.79 Å². The molecule has 6 nitrogen and oxygen atoms in total. The molecule has 0 aliphatic rings. The number of halogens is 1. The summed E-state index contributed by atoms with van der Waals surface area (Å²) in [5.41, 5.74) is 2.64. The number of aromatic nitrogens is 4. The van der Waals surface area contributed by atoms with Crippen molar-refractivity contribution >= 4 is 50.0 Å². The van der Waals surface area contributed by atoms with Crippen molar-refractivity contribution in [2.45, 2.75) is 6.54 Å². The van der Waals surface area contributed by atoms with E-state index in [2.05, 4.69) is 35.7 Å². The lowest BCUT2D eigenvalue weighted by atomic mass is 10.2. The van der Waals surface area contributed by atoms with Crippen LogP contribution in [-0.4, -0.2) is 25.0 Å². The van der Waals surface area contributed by atoms with Crippen LogP contribution in [0.5, 0.6) is 0 Å². The number of hydrogen-bond donors (Lipinski definition) is 1. The molecule has 0 radical (unpaired) electrons. The number of hydrogen-bond acceptors (Lipinski definition) is 5. The summed E-state index contributed by atoms with van der Waals surface area (Å²) in [6, 6.07) is 13.4. The Morgan fingerprint density at radius 1 is 1.20 bits per heavy atom. The van der Waals surface area contributed by atoms with Crippen LogP contribution in [-0.2, 0) is 6.54 Å². The van der Waals surface area contributed by atoms with E-state index >= 15 is 0 Å². The van der Waals surface area contributed by atoms with Gasteiger partial charge in [0.05, 0.1) is 12.1 Å². The van der Waals surface area contributed by atoms with Gasteiger partial charge < -0.3 is 5.32 Å². The maximum Gasteiger partial charge on any atom is 0.268 e. The summed E-state index contributed by atoms with van der Waals surface area (Å²) in [7, 11) is 0. The molecule has 1 amide bonds. The molecular formula is C17H12BrN5OS. The molecule has 2 heterocycles. The lowest BCUT2D eigenvalue weighted by Gasteiger charge is -2.06. The molecule has 2 aromatic heterocycles. The van der Waals surface area contributed by atoms with Crippen LogP contribution in [0, 0.1) is 0 Å². The summed E-state index contributed by atoms with van der Waals surface area (Å²) < 4.78 is 6.99. The molecule has 2 aromatic carbocycles. The van der Waals surface area contributed by atoms with E-state index in [0.717, 1.165) is 26.6 Å². The Morgan fingerprint density at radius 2 is 2.04 bits per heavy atom. The fraction of sp³-hybridized carbons (Fsp3) is 0.0588. The van der Waals surface area contributed by atoms with Crippen LogP contribution >= 0.6 is 27.5 Å². The van der Waals surface area contributed by atoms with E-state index in [4.69, 9.17) is 0 Å². The maximum absolute atomic E-state index is 12.6. The molecule has 25 heavy (non-hydrogen) atoms. The Kier molecular flexibility index (Phi) is 4.29. The molecule has 0 aliphatic heterocycles. The third kappa shape index (κ3) is 3.45. The number of nitrogens with one attached hydrogen (secondary N) is 1. The Bertz CT molecular complexity index is 1030. The molecule has 0 saturated heterocycles. The monoisotopic (exact) mass is 413 g/mol. The average Bonchev–Trinajstić information content (AvgIpc) is 3.25. The van der Waals surface area contributed by atoms with Crippen molar-refractivity contribution in [3.8, 4) is 0 Å². The summed E-state index contributed by atoms with van der Waals surface area (Å²) in [6.45, 7) is 0.641. The van der Waals surface area contributed by atoms with Gasteiger partial charge in [0, 0.05) is 15.5 Å². The fourth-order valence-electron chi connectivity index (χ4n) is 2.46. The summed E-state index contributed by atoms with van der Waals surface area (Å²) in [5.74, 6) is -0.158. The van der Waals surface area contributed by atoms with Crippen LogP contribution in [0.4, 0.5) is 5.69 Å². The molecule has 0 saturated carbocycles. The van der Waals surface area contributed by atoms with Gasteiger partial charge in [-0.2, -0.15) is 9.47 Å². The highest BCUT2D eigenvalue weighted by atomic mass is 79.9. The first kappa shape index (κ1) is 15.9. The summed E-state index contributed by atoms with van der Waals surface area (Å²) in [5, 5.41) is 7.85. The molecule has 4 rings (SSSR count). The molecule has 8 heteroatoms. The SMILES string of the molecule is O=C(Nc1ccc(Cn2cncn2)cc1)c1snc2ccc(Br)cc12. The molecule has 1 N–H and O–H groups in total. The van der Waals surface area contributed by atoms with Crippen LogP contribution in [0.15, 0.2) is 59.6 Å². The number of nitrogens with zero attached hydrogens (tertiary/aromatic N) is 4. The van der Waals surface area contributed by atoms with E-state index in [9.17, 15) is 4.79 Å². The second kappa shape index (κ2) is 6.73. The fourth-order valence-corrected chi connectivity index (χ4v) is 3.57. The quantitative estimate of drug-likeness (QED) is 0.549. The van der Waals surface area contributed by atoms with Crippen molar-refractivity contribution in [1.82, 2.24) is 19.1 Å². The lowest BCUT2D eigenvalue weighted by molar-refractivity contribution is 0.103. The number of benzene rings is 2. The van der Waals surface area contributed by atoms with E-state index in [1.54, 1.807) is 11.0 Å². The topological polar surface area (TPSA) is 72.7 Å². The molecule has 124 valence electrons. The van der Waals surface area contributed by atoms with E-state index in [0.29, 0.717) is 11.4 Å². The minimum atomic E-state index is -0.158. The van der Waals surface area contributed by atoms with E-state index in [1.165, 1.54) is 17.9 Å². The number of amides is 1. The number of rotatable bonds is 4. The molecule has 0 aliphatic carbocycles. The summed E-state index contributed by atoms with van der Waals surface area (Å²) in [4.78, 5) is 17.1. The summed E-state index contributed by atoms with van der Waals surface area (Å²) in [6.07, 6.45) is 3.18. The maximum atomic E-state index is 12.6. The molecular weight excluding hydrogens is 402 g/mol. The second-order valence-electron chi connectivity index (χ2n) is 5.42. The first-order chi connectivity index (χ1) is 12.2. The van der Waals surface area contributed by atoms with Gasteiger partial charge in [-0.3, -0.25) is 4.79 Å². The number of fused-ring (bicyclic) bond motifs is 1. The van der Waals surface area contributed by atoms with Crippen molar-refractivity contribution in [3.05, 3.63) is 70.0 Å². The molecule has 0 spiro atoms. The van der Waals surface area contributed by atoms with E-state index in [1.807, 2.05) is 42.5 Å². The average molecular weight is 414 g/mol. The van der Waals surface area contributed by atoms with Gasteiger partial charge in [-0.15, -0.1) is 0 Å². The molecule has 0 bridgehead atoms. The van der Waals surface area contributed by atoms with Crippen molar-refractivity contribution in [2.75, 3.05) is 5.32 Å². The molecule has 0 atom stereocenters. The standard InChI is InChI=1S/C17H12BrN5OS/c18-12-3-6-15-14(7-12)16(25-22-15)17(24)21-13-4-1-11(2-5-13)8-23-10-19-9-20-23/h1-7,9-10H,8H2,(H,21,24). The Hall–Kier alpha value is -2.58. The summed E-state index contributed by atoms with van der Waals surface area (Å²) >= 11 is 4.64. The first-order valence-electron chi connectivity index (χ1n) is 7.47. The number of carbonyl (C=O) groups is 1. The highest BCUT2D eigenvalue weighted by Crippen LogP contribution is 2.26. The minimum Gasteiger partial charge on any atom is -0.321 e. The second-order valence-corrected chi connectivity index (χ2v) is 7.11. The van der Waals surface area contributed by atoms with Gasteiger partial charge in [-0.1, -0.05) is 28.1 Å². The zero-order valence-corrected chi connectivity index (χ0v) is 15.3. The van der Waals surface area contributed by atoms with E-state index in [-0.39, 0.29) is 5.91 Å². The molecule has 0 fully saturated rings. The zero-order chi connectivity index (χ0) is 17.2. The van der Waals surface area contributed by atoms with Crippen LogP contribution < -0.4 is 5.32 Å². The number of anilines is 1. The van der Waals surface area contributed by atoms with Crippen LogP contribution in [0.2, 0.25) is 0 Å². The Morgan fingerprint density at radius 3 is 2.80 bits per heavy atom. The van der Waals surface area contributed by atoms with Gasteiger partial charge in [-0.25, -0.2) is 9.67 Å². The first-order valence-corrected chi connectivity index (χ1v) is 9.03. The predicted molar refractivity (Wildman–Crippen MR) is 101 cm³/mol. The van der Waals surface area contributed by atoms with Gasteiger partial charge in [0.2, 0.25) is 0 Å². The van der Waals surface area contributed by atoms with Gasteiger partial charge in [-0.05, 0) is 47.4 Å². The minimum absolute atomic E-state index is 0.158. The normalized spacial score (nSPS) is 10.9. The largest absolute Gasteiger partial charge is 0.321 e. The molecule has 0 unspecified atom stereocenters. The number of carbonyl (C=O) groups excluding carboxylic acids is 1. The van der Waals surface area contributed by atoms with Crippen molar-refractivity contribution in [1.29, 1.82) is 0 Å². The van der Waals surface area contributed by atoms with E-state index < -0.39 is 0 Å².